The average molecular weight is 258 g/mol. The predicted octanol–water partition coefficient (Wildman–Crippen LogP) is -1.06. The van der Waals surface area contributed by atoms with E-state index in [4.69, 9.17) is 10.2 Å². The quantitative estimate of drug-likeness (QED) is 0.586. The monoisotopic (exact) mass is 258 g/mol. The van der Waals surface area contributed by atoms with E-state index in [0.29, 0.717) is 13.1 Å². The molecule has 2 aliphatic rings. The summed E-state index contributed by atoms with van der Waals surface area (Å²) in [7, 11) is 0. The Labute approximate surface area is 105 Å². The van der Waals surface area contributed by atoms with Gasteiger partial charge in [0, 0.05) is 38.6 Å². The maximum Gasteiger partial charge on any atom is 0.326 e. The fourth-order valence-corrected chi connectivity index (χ4v) is 2.60. The Balaban J connectivity index is 2.02. The standard InChI is InChI=1S/C11H18N2O5/c14-6-7-1-2-12(4-7)11(18)13-5-8(15)3-9(13)10(16)17/h7-9,14-15H,1-6H2,(H,16,17)/t7?,8-,9-/m1/s1. The van der Waals surface area contributed by atoms with Crippen LogP contribution in [0.25, 0.3) is 0 Å². The van der Waals surface area contributed by atoms with Gasteiger partial charge in [0.25, 0.3) is 0 Å². The number of carbonyl (C=O) groups excluding carboxylic acids is 1. The molecule has 2 fully saturated rings. The highest BCUT2D eigenvalue weighted by Crippen LogP contribution is 2.23. The highest BCUT2D eigenvalue weighted by molar-refractivity contribution is 5.83. The Morgan fingerprint density at radius 3 is 2.56 bits per heavy atom. The van der Waals surface area contributed by atoms with E-state index in [-0.39, 0.29) is 31.5 Å². The number of aliphatic hydroxyl groups excluding tert-OH is 2. The molecule has 2 saturated heterocycles. The van der Waals surface area contributed by atoms with Crippen LogP contribution in [0, 0.1) is 5.92 Å². The lowest BCUT2D eigenvalue weighted by atomic mass is 10.1. The van der Waals surface area contributed by atoms with E-state index < -0.39 is 18.1 Å². The molecule has 0 aromatic carbocycles. The molecule has 0 aromatic rings. The van der Waals surface area contributed by atoms with E-state index in [0.717, 1.165) is 6.42 Å². The third-order valence-electron chi connectivity index (χ3n) is 3.62. The van der Waals surface area contributed by atoms with E-state index >= 15 is 0 Å². The minimum absolute atomic E-state index is 0.0365. The number of aliphatic carboxylic acids is 1. The second kappa shape index (κ2) is 5.11. The van der Waals surface area contributed by atoms with Crippen molar-refractivity contribution < 1.29 is 24.9 Å². The van der Waals surface area contributed by atoms with Gasteiger partial charge < -0.3 is 25.1 Å². The number of nitrogens with zero attached hydrogens (tertiary/aromatic N) is 2. The molecule has 2 amide bonds. The highest BCUT2D eigenvalue weighted by atomic mass is 16.4. The molecule has 0 aliphatic carbocycles. The van der Waals surface area contributed by atoms with Crippen LogP contribution in [0.5, 0.6) is 0 Å². The first-order valence-electron chi connectivity index (χ1n) is 6.10. The van der Waals surface area contributed by atoms with Gasteiger partial charge in [0.05, 0.1) is 6.10 Å². The summed E-state index contributed by atoms with van der Waals surface area (Å²) in [6.07, 6.45) is 0.0422. The van der Waals surface area contributed by atoms with Crippen LogP contribution in [0.2, 0.25) is 0 Å². The fourth-order valence-electron chi connectivity index (χ4n) is 2.60. The molecular formula is C11H18N2O5. The molecule has 2 rings (SSSR count). The number of carbonyl (C=O) groups is 2. The summed E-state index contributed by atoms with van der Waals surface area (Å²) in [5.41, 5.74) is 0. The van der Waals surface area contributed by atoms with Crippen molar-refractivity contribution in [1.29, 1.82) is 0 Å². The van der Waals surface area contributed by atoms with Gasteiger partial charge in [-0.3, -0.25) is 0 Å². The minimum Gasteiger partial charge on any atom is -0.480 e. The summed E-state index contributed by atoms with van der Waals surface area (Å²) in [6.45, 7) is 1.09. The molecule has 3 N–H and O–H groups in total. The first kappa shape index (κ1) is 13.1. The summed E-state index contributed by atoms with van der Waals surface area (Å²) in [6, 6.07) is -1.30. The number of β-amino-alcohol motifs (C(OH)–C–C–N with tert-alkyl or cyclic N) is 1. The van der Waals surface area contributed by atoms with E-state index in [1.165, 1.54) is 4.90 Å². The average Bonchev–Trinajstić information content (AvgIpc) is 2.94. The molecule has 0 spiro atoms. The van der Waals surface area contributed by atoms with Crippen molar-refractivity contribution in [2.45, 2.75) is 25.0 Å². The lowest BCUT2D eigenvalue weighted by Gasteiger charge is -2.27. The number of hydrogen-bond acceptors (Lipinski definition) is 4. The fraction of sp³-hybridized carbons (Fsp3) is 0.818. The highest BCUT2D eigenvalue weighted by Gasteiger charge is 2.41. The Morgan fingerprint density at radius 2 is 2.00 bits per heavy atom. The molecule has 0 aromatic heterocycles. The molecule has 18 heavy (non-hydrogen) atoms. The Kier molecular flexibility index (Phi) is 3.72. The van der Waals surface area contributed by atoms with Gasteiger partial charge in [-0.25, -0.2) is 9.59 Å². The number of hydrogen-bond donors (Lipinski definition) is 3. The molecule has 2 aliphatic heterocycles. The zero-order valence-corrected chi connectivity index (χ0v) is 10.0. The molecule has 7 heteroatoms. The summed E-state index contributed by atoms with van der Waals surface area (Å²) in [4.78, 5) is 26.0. The maximum atomic E-state index is 12.2. The van der Waals surface area contributed by atoms with Crippen LogP contribution in [-0.2, 0) is 4.79 Å². The first-order chi connectivity index (χ1) is 8.52. The molecule has 0 radical (unpaired) electrons. The van der Waals surface area contributed by atoms with E-state index in [1.807, 2.05) is 0 Å². The van der Waals surface area contributed by atoms with Gasteiger partial charge in [-0.2, -0.15) is 0 Å². The van der Waals surface area contributed by atoms with Crippen molar-refractivity contribution in [1.82, 2.24) is 9.80 Å². The van der Waals surface area contributed by atoms with Crippen LogP contribution in [-0.4, -0.2) is 75.5 Å². The minimum atomic E-state index is -1.09. The molecule has 102 valence electrons. The maximum absolute atomic E-state index is 12.2. The normalized spacial score (nSPS) is 32.0. The largest absolute Gasteiger partial charge is 0.480 e. The van der Waals surface area contributed by atoms with Gasteiger partial charge >= 0.3 is 12.0 Å². The zero-order valence-electron chi connectivity index (χ0n) is 10.0. The number of likely N-dealkylation sites (tertiary alicyclic amines) is 2. The molecular weight excluding hydrogens is 240 g/mol. The van der Waals surface area contributed by atoms with Crippen molar-refractivity contribution >= 4 is 12.0 Å². The molecule has 0 bridgehead atoms. The Hall–Kier alpha value is -1.34. The lowest BCUT2D eigenvalue weighted by molar-refractivity contribution is -0.141. The van der Waals surface area contributed by atoms with Crippen LogP contribution >= 0.6 is 0 Å². The number of aliphatic hydroxyl groups is 2. The van der Waals surface area contributed by atoms with Gasteiger partial charge in [0.2, 0.25) is 0 Å². The number of carboxylic acids is 1. The summed E-state index contributed by atoms with van der Waals surface area (Å²) >= 11 is 0. The van der Waals surface area contributed by atoms with Crippen LogP contribution < -0.4 is 0 Å². The lowest BCUT2D eigenvalue weighted by Crippen LogP contribution is -2.47. The smallest absolute Gasteiger partial charge is 0.326 e. The van der Waals surface area contributed by atoms with E-state index in [2.05, 4.69) is 0 Å². The van der Waals surface area contributed by atoms with Gasteiger partial charge in [-0.1, -0.05) is 0 Å². The summed E-state index contributed by atoms with van der Waals surface area (Å²) < 4.78 is 0. The molecule has 0 saturated carbocycles. The van der Waals surface area contributed by atoms with Crippen molar-refractivity contribution in [2.24, 2.45) is 5.92 Å². The summed E-state index contributed by atoms with van der Waals surface area (Å²) in [5, 5.41) is 27.5. The molecule has 1 unspecified atom stereocenters. The van der Waals surface area contributed by atoms with Gasteiger partial charge in [0.15, 0.2) is 0 Å². The van der Waals surface area contributed by atoms with E-state index in [9.17, 15) is 14.7 Å². The van der Waals surface area contributed by atoms with Gasteiger partial charge in [-0.15, -0.1) is 0 Å². The SMILES string of the molecule is O=C(O)[C@H]1C[C@@H](O)CN1C(=O)N1CCC(CO)C1. The van der Waals surface area contributed by atoms with Gasteiger partial charge in [0.1, 0.15) is 6.04 Å². The third-order valence-corrected chi connectivity index (χ3v) is 3.62. The van der Waals surface area contributed by atoms with Crippen LogP contribution in [0.1, 0.15) is 12.8 Å². The predicted molar refractivity (Wildman–Crippen MR) is 60.9 cm³/mol. The number of rotatable bonds is 2. The number of amides is 2. The van der Waals surface area contributed by atoms with Crippen molar-refractivity contribution in [3.05, 3.63) is 0 Å². The van der Waals surface area contributed by atoms with Crippen molar-refractivity contribution in [3.63, 3.8) is 0 Å². The molecule has 2 heterocycles. The topological polar surface area (TPSA) is 101 Å². The molecule has 7 nitrogen and oxygen atoms in total. The molecule has 3 atom stereocenters. The number of urea groups is 1. The van der Waals surface area contributed by atoms with Gasteiger partial charge in [-0.05, 0) is 6.42 Å². The Bertz CT molecular complexity index is 348. The third kappa shape index (κ3) is 2.41. The van der Waals surface area contributed by atoms with E-state index in [1.54, 1.807) is 4.90 Å². The van der Waals surface area contributed by atoms with Crippen molar-refractivity contribution in [2.75, 3.05) is 26.2 Å². The van der Waals surface area contributed by atoms with Crippen LogP contribution in [0.4, 0.5) is 4.79 Å². The zero-order chi connectivity index (χ0) is 13.3. The second-order valence-corrected chi connectivity index (χ2v) is 4.96. The van der Waals surface area contributed by atoms with Crippen LogP contribution in [0.3, 0.4) is 0 Å². The van der Waals surface area contributed by atoms with Crippen LogP contribution in [0.15, 0.2) is 0 Å². The number of carboxylic acid groups (broad SMARTS) is 1. The first-order valence-corrected chi connectivity index (χ1v) is 6.10. The second-order valence-electron chi connectivity index (χ2n) is 4.96. The summed E-state index contributed by atoms with van der Waals surface area (Å²) in [5.74, 6) is -1.01. The Morgan fingerprint density at radius 1 is 1.28 bits per heavy atom. The van der Waals surface area contributed by atoms with Crippen molar-refractivity contribution in [3.8, 4) is 0 Å².